The number of furan rings is 1. The number of rotatable bonds is 4. The van der Waals surface area contributed by atoms with Gasteiger partial charge in [-0.15, -0.1) is 0 Å². The van der Waals surface area contributed by atoms with Gasteiger partial charge in [0.25, 0.3) is 0 Å². The summed E-state index contributed by atoms with van der Waals surface area (Å²) in [5.41, 5.74) is 2.65. The van der Waals surface area contributed by atoms with Crippen LogP contribution in [0.2, 0.25) is 0 Å². The number of likely N-dealkylation sites (tertiary alicyclic amines) is 1. The van der Waals surface area contributed by atoms with Crippen LogP contribution in [-0.4, -0.2) is 48.0 Å². The fourth-order valence-corrected chi connectivity index (χ4v) is 3.68. The van der Waals surface area contributed by atoms with Gasteiger partial charge in [-0.1, -0.05) is 72.7 Å². The number of phenolic OH excluding ortho intramolecular Hbond substituents is 1. The van der Waals surface area contributed by atoms with Crippen LogP contribution in [0.4, 0.5) is 0 Å². The van der Waals surface area contributed by atoms with Crippen LogP contribution in [0.5, 0.6) is 5.75 Å². The van der Waals surface area contributed by atoms with E-state index in [2.05, 4.69) is 18.9 Å². The van der Waals surface area contributed by atoms with E-state index in [0.717, 1.165) is 28.0 Å². The molecule has 0 bridgehead atoms. The summed E-state index contributed by atoms with van der Waals surface area (Å²) in [6.07, 6.45) is 3.36. The zero-order valence-corrected chi connectivity index (χ0v) is 23.5. The third kappa shape index (κ3) is 11.5. The Morgan fingerprint density at radius 1 is 1.06 bits per heavy atom. The van der Waals surface area contributed by atoms with E-state index in [0.29, 0.717) is 13.0 Å². The number of carbonyl (C=O) groups is 1. The zero-order chi connectivity index (χ0) is 26.8. The number of benzene rings is 2. The summed E-state index contributed by atoms with van der Waals surface area (Å²) in [6, 6.07) is 14.6. The average Bonchev–Trinajstić information content (AvgIpc) is 3.52. The highest BCUT2D eigenvalue weighted by molar-refractivity contribution is 5.87. The van der Waals surface area contributed by atoms with Crippen LogP contribution in [0.25, 0.3) is 11.0 Å². The summed E-state index contributed by atoms with van der Waals surface area (Å²) in [4.78, 5) is 16.4. The van der Waals surface area contributed by atoms with Gasteiger partial charge in [0.1, 0.15) is 11.3 Å². The lowest BCUT2D eigenvalue weighted by Gasteiger charge is -2.17. The van der Waals surface area contributed by atoms with Crippen molar-refractivity contribution in [3.8, 4) is 5.75 Å². The number of likely N-dealkylation sites (N-methyl/N-ethyl adjacent to an activating group) is 1. The van der Waals surface area contributed by atoms with Gasteiger partial charge in [-0.3, -0.25) is 4.79 Å². The molecule has 3 aromatic rings. The van der Waals surface area contributed by atoms with Gasteiger partial charge in [0.2, 0.25) is 5.91 Å². The topological polar surface area (TPSA) is 56.9 Å². The number of aromatic hydroxyl groups is 1. The minimum Gasteiger partial charge on any atom is -0.508 e. The normalized spacial score (nSPS) is 14.1. The van der Waals surface area contributed by atoms with Crippen molar-refractivity contribution in [3.63, 3.8) is 0 Å². The van der Waals surface area contributed by atoms with E-state index >= 15 is 0 Å². The fraction of sp³-hybridized carbons (Fsp3) is 0.500. The molecule has 0 aliphatic carbocycles. The summed E-state index contributed by atoms with van der Waals surface area (Å²) < 4.78 is 5.36. The summed E-state index contributed by atoms with van der Waals surface area (Å²) in [5, 5.41) is 10.5. The lowest BCUT2D eigenvalue weighted by molar-refractivity contribution is -0.129. The van der Waals surface area contributed by atoms with E-state index in [1.54, 1.807) is 36.4 Å². The van der Waals surface area contributed by atoms with Crippen molar-refractivity contribution >= 4 is 16.9 Å². The maximum Gasteiger partial charge on any atom is 0.227 e. The molecule has 0 saturated carbocycles. The summed E-state index contributed by atoms with van der Waals surface area (Å²) in [7, 11) is 3.95. The van der Waals surface area contributed by atoms with Crippen molar-refractivity contribution in [2.45, 2.75) is 67.9 Å². The Labute approximate surface area is 213 Å². The molecule has 1 atom stereocenters. The van der Waals surface area contributed by atoms with Gasteiger partial charge in [-0.25, -0.2) is 0 Å². The van der Waals surface area contributed by atoms with E-state index in [1.165, 1.54) is 19.5 Å². The van der Waals surface area contributed by atoms with Gasteiger partial charge in [-0.05, 0) is 61.3 Å². The number of amides is 1. The number of hydrogen-bond donors (Lipinski definition) is 1. The first-order chi connectivity index (χ1) is 16.9. The molecule has 1 saturated heterocycles. The number of carbonyl (C=O) groups excluding carboxylic acids is 1. The first-order valence-corrected chi connectivity index (χ1v) is 13.1. The molecular formula is C30H48N2O3. The molecule has 1 aliphatic heterocycles. The van der Waals surface area contributed by atoms with Gasteiger partial charge in [-0.2, -0.15) is 0 Å². The number of fused-ring (bicyclic) bond motifs is 1. The van der Waals surface area contributed by atoms with Crippen molar-refractivity contribution in [1.29, 1.82) is 0 Å². The van der Waals surface area contributed by atoms with Crippen LogP contribution in [0.1, 0.15) is 66.0 Å². The molecule has 4 rings (SSSR count). The van der Waals surface area contributed by atoms with E-state index < -0.39 is 0 Å². The van der Waals surface area contributed by atoms with Crippen LogP contribution < -0.4 is 0 Å². The van der Waals surface area contributed by atoms with Crippen LogP contribution in [0, 0.1) is 5.92 Å². The second kappa shape index (κ2) is 18.5. The molecule has 1 fully saturated rings. The van der Waals surface area contributed by atoms with Crippen molar-refractivity contribution in [1.82, 2.24) is 9.80 Å². The average molecular weight is 485 g/mol. The molecule has 1 aliphatic rings. The Hall–Kier alpha value is -2.79. The molecule has 196 valence electrons. The lowest BCUT2D eigenvalue weighted by atomic mass is 10.1. The molecule has 0 spiro atoms. The second-order valence-electron chi connectivity index (χ2n) is 8.00. The molecule has 5 nitrogen and oxygen atoms in total. The molecule has 35 heavy (non-hydrogen) atoms. The van der Waals surface area contributed by atoms with Crippen LogP contribution >= 0.6 is 0 Å². The highest BCUT2D eigenvalue weighted by Crippen LogP contribution is 2.21. The zero-order valence-electron chi connectivity index (χ0n) is 23.5. The fourth-order valence-electron chi connectivity index (χ4n) is 3.68. The molecule has 5 heteroatoms. The minimum atomic E-state index is 0.0250. The lowest BCUT2D eigenvalue weighted by Crippen LogP contribution is -2.27. The predicted molar refractivity (Wildman–Crippen MR) is 150 cm³/mol. The largest absolute Gasteiger partial charge is 0.508 e. The first kappa shape index (κ1) is 32.2. The first-order valence-electron chi connectivity index (χ1n) is 13.1. The van der Waals surface area contributed by atoms with Crippen molar-refractivity contribution in [3.05, 3.63) is 65.9 Å². The Bertz CT molecular complexity index is 943. The maximum absolute atomic E-state index is 12.4. The molecule has 1 amide bonds. The Balaban J connectivity index is 0.000000744. The summed E-state index contributed by atoms with van der Waals surface area (Å²) in [6.45, 7) is 17.4. The van der Waals surface area contributed by atoms with Gasteiger partial charge in [0.05, 0.1) is 12.7 Å². The van der Waals surface area contributed by atoms with Crippen LogP contribution in [0.15, 0.2) is 59.2 Å². The maximum atomic E-state index is 12.4. The Morgan fingerprint density at radius 2 is 1.71 bits per heavy atom. The molecule has 1 unspecified atom stereocenters. The van der Waals surface area contributed by atoms with Gasteiger partial charge in [0.15, 0.2) is 0 Å². The molecular weight excluding hydrogens is 436 g/mol. The molecule has 2 aromatic carbocycles. The van der Waals surface area contributed by atoms with Crippen molar-refractivity contribution < 1.29 is 14.3 Å². The quantitative estimate of drug-likeness (QED) is 0.420. The SMILES string of the molecule is CC.CC.CC.CC1CCN(C)C1.CN(Cc1cccc(O)c1)C(=O)Cc1cccc2occc12. The van der Waals surface area contributed by atoms with Crippen LogP contribution in [-0.2, 0) is 17.8 Å². The smallest absolute Gasteiger partial charge is 0.227 e. The van der Waals surface area contributed by atoms with Crippen molar-refractivity contribution in [2.24, 2.45) is 5.92 Å². The van der Waals surface area contributed by atoms with Crippen LogP contribution in [0.3, 0.4) is 0 Å². The highest BCUT2D eigenvalue weighted by atomic mass is 16.3. The third-order valence-electron chi connectivity index (χ3n) is 5.31. The number of nitrogens with zero attached hydrogens (tertiary/aromatic N) is 2. The van der Waals surface area contributed by atoms with Gasteiger partial charge >= 0.3 is 0 Å². The van der Waals surface area contributed by atoms with Gasteiger partial charge in [0, 0.05) is 25.5 Å². The molecule has 0 radical (unpaired) electrons. The minimum absolute atomic E-state index is 0.0250. The van der Waals surface area contributed by atoms with E-state index in [4.69, 9.17) is 4.42 Å². The molecule has 1 N–H and O–H groups in total. The summed E-state index contributed by atoms with van der Waals surface area (Å²) in [5.74, 6) is 1.18. The second-order valence-corrected chi connectivity index (χ2v) is 8.00. The molecule has 1 aromatic heterocycles. The number of hydrogen-bond acceptors (Lipinski definition) is 4. The van der Waals surface area contributed by atoms with Crippen molar-refractivity contribution in [2.75, 3.05) is 27.2 Å². The standard InChI is InChI=1S/C18H17NO3.C6H13N.3C2H6/c1-19(12-13-4-2-6-15(20)10-13)18(21)11-14-5-3-7-17-16(14)8-9-22-17;1-6-3-4-7(2)5-6;3*1-2/h2-10,20H,11-12H2,1H3;6H,3-5H2,1-2H3;3*1-2H3. The van der Waals surface area contributed by atoms with E-state index in [1.807, 2.05) is 71.9 Å². The monoisotopic (exact) mass is 484 g/mol. The van der Waals surface area contributed by atoms with Gasteiger partial charge < -0.3 is 19.3 Å². The number of phenols is 1. The van der Waals surface area contributed by atoms with E-state index in [-0.39, 0.29) is 11.7 Å². The predicted octanol–water partition coefficient (Wildman–Crippen LogP) is 7.38. The Kier molecular flexibility index (Phi) is 17.0. The third-order valence-corrected chi connectivity index (χ3v) is 5.31. The Morgan fingerprint density at radius 3 is 2.26 bits per heavy atom. The van der Waals surface area contributed by atoms with E-state index in [9.17, 15) is 9.90 Å². The summed E-state index contributed by atoms with van der Waals surface area (Å²) >= 11 is 0. The molecule has 2 heterocycles. The highest BCUT2D eigenvalue weighted by Gasteiger charge is 2.14.